The lowest BCUT2D eigenvalue weighted by Crippen LogP contribution is -2.46. The van der Waals surface area contributed by atoms with Gasteiger partial charge in [0.15, 0.2) is 0 Å². The molecule has 36 heavy (non-hydrogen) atoms. The maximum absolute atomic E-state index is 13.6. The summed E-state index contributed by atoms with van der Waals surface area (Å²) in [5.74, 6) is 2.27. The number of nitrogens with one attached hydrogen (secondary N) is 1. The van der Waals surface area contributed by atoms with Crippen LogP contribution in [0.1, 0.15) is 30.7 Å². The number of amides is 1. The molecule has 2 aromatic carbocycles. The minimum atomic E-state index is -0.278. The van der Waals surface area contributed by atoms with Crippen LogP contribution < -0.4 is 11.1 Å². The van der Waals surface area contributed by atoms with Gasteiger partial charge < -0.3 is 20.5 Å². The van der Waals surface area contributed by atoms with Gasteiger partial charge in [-0.25, -0.2) is 9.37 Å². The van der Waals surface area contributed by atoms with Gasteiger partial charge in [-0.2, -0.15) is 0 Å². The monoisotopic (exact) mass is 490 g/mol. The minimum absolute atomic E-state index is 0.151. The summed E-state index contributed by atoms with van der Waals surface area (Å²) in [6, 6.07) is 14.6. The summed E-state index contributed by atoms with van der Waals surface area (Å²) < 4.78 is 15.8. The first kappa shape index (κ1) is 24.5. The van der Waals surface area contributed by atoms with Crippen LogP contribution in [-0.4, -0.2) is 58.0 Å². The molecule has 2 aliphatic heterocycles. The second-order valence-corrected chi connectivity index (χ2v) is 9.99. The number of nitrogens with zero attached hydrogens (tertiary/aromatic N) is 4. The number of aromatic nitrogens is 2. The molecule has 0 unspecified atom stereocenters. The molecule has 1 amide bonds. The lowest BCUT2D eigenvalue weighted by atomic mass is 9.94. The van der Waals surface area contributed by atoms with E-state index in [2.05, 4.69) is 33.8 Å². The van der Waals surface area contributed by atoms with E-state index in [0.29, 0.717) is 32.1 Å². The number of piperidine rings is 1. The van der Waals surface area contributed by atoms with Gasteiger partial charge in [0, 0.05) is 24.3 Å². The van der Waals surface area contributed by atoms with Crippen LogP contribution in [0.25, 0.3) is 11.3 Å². The number of hydrogen-bond acceptors (Lipinski definition) is 5. The average Bonchev–Trinajstić information content (AvgIpc) is 3.24. The third-order valence-corrected chi connectivity index (χ3v) is 7.40. The summed E-state index contributed by atoms with van der Waals surface area (Å²) in [4.78, 5) is 22.3. The summed E-state index contributed by atoms with van der Waals surface area (Å²) in [6.45, 7) is 6.92. The third kappa shape index (κ3) is 5.44. The highest BCUT2D eigenvalue weighted by Crippen LogP contribution is 2.33. The van der Waals surface area contributed by atoms with Gasteiger partial charge in [0.25, 0.3) is 0 Å². The van der Waals surface area contributed by atoms with Gasteiger partial charge in [-0.05, 0) is 88.1 Å². The van der Waals surface area contributed by atoms with Crippen molar-refractivity contribution in [3.8, 4) is 11.3 Å². The lowest BCUT2D eigenvalue weighted by molar-refractivity contribution is -0.134. The molecule has 8 heteroatoms. The van der Waals surface area contributed by atoms with Crippen molar-refractivity contribution < 1.29 is 9.18 Å². The number of carbonyl (C=O) groups excluding carboxylic acids is 1. The predicted octanol–water partition coefficient (Wildman–Crippen LogP) is 4.14. The van der Waals surface area contributed by atoms with Gasteiger partial charge >= 0.3 is 0 Å². The fourth-order valence-electron chi connectivity index (χ4n) is 5.21. The van der Waals surface area contributed by atoms with Gasteiger partial charge in [-0.15, -0.1) is 0 Å². The van der Waals surface area contributed by atoms with Gasteiger partial charge in [0.1, 0.15) is 23.2 Å². The number of hydrogen-bond donors (Lipinski definition) is 2. The number of fused-ring (bicyclic) bond motifs is 1. The van der Waals surface area contributed by atoms with E-state index in [0.717, 1.165) is 67.5 Å². The summed E-state index contributed by atoms with van der Waals surface area (Å²) in [5, 5.41) is 3.53. The first-order chi connectivity index (χ1) is 17.5. The zero-order chi connectivity index (χ0) is 25.1. The summed E-state index contributed by atoms with van der Waals surface area (Å²) >= 11 is 0. The molecule has 0 saturated carbocycles. The molecule has 3 N–H and O–H groups in total. The molecule has 0 bridgehead atoms. The number of halogens is 1. The van der Waals surface area contributed by atoms with E-state index in [1.165, 1.54) is 17.7 Å². The fourth-order valence-corrected chi connectivity index (χ4v) is 5.21. The van der Waals surface area contributed by atoms with Gasteiger partial charge in [0.2, 0.25) is 5.91 Å². The van der Waals surface area contributed by atoms with Crippen molar-refractivity contribution in [2.24, 2.45) is 11.7 Å². The van der Waals surface area contributed by atoms with E-state index in [1.807, 2.05) is 17.0 Å². The molecule has 7 nitrogen and oxygen atoms in total. The van der Waals surface area contributed by atoms with Gasteiger partial charge in [0.05, 0.1) is 13.1 Å². The number of carbonyl (C=O) groups is 1. The molecule has 0 radical (unpaired) electrons. The maximum Gasteiger partial charge on any atom is 0.237 e. The van der Waals surface area contributed by atoms with Crippen molar-refractivity contribution in [3.05, 3.63) is 65.7 Å². The topological polar surface area (TPSA) is 79.4 Å². The molecule has 3 aromatic rings. The largest absolute Gasteiger partial charge is 0.340 e. The summed E-state index contributed by atoms with van der Waals surface area (Å²) in [5.41, 5.74) is 9.47. The van der Waals surface area contributed by atoms with E-state index < -0.39 is 0 Å². The maximum atomic E-state index is 13.6. The first-order valence-electron chi connectivity index (χ1n) is 12.9. The molecule has 1 aromatic heterocycles. The summed E-state index contributed by atoms with van der Waals surface area (Å²) in [7, 11) is 0. The number of anilines is 2. The Morgan fingerprint density at radius 3 is 2.47 bits per heavy atom. The van der Waals surface area contributed by atoms with E-state index in [1.54, 1.807) is 12.1 Å². The predicted molar refractivity (Wildman–Crippen MR) is 140 cm³/mol. The zero-order valence-corrected chi connectivity index (χ0v) is 20.9. The van der Waals surface area contributed by atoms with Crippen molar-refractivity contribution in [3.63, 3.8) is 0 Å². The second-order valence-electron chi connectivity index (χ2n) is 9.99. The molecule has 2 aliphatic rings. The quantitative estimate of drug-likeness (QED) is 0.520. The number of benzene rings is 2. The highest BCUT2D eigenvalue weighted by Gasteiger charge is 2.29. The van der Waals surface area contributed by atoms with Crippen molar-refractivity contribution in [2.75, 3.05) is 38.0 Å². The molecule has 5 rings (SSSR count). The van der Waals surface area contributed by atoms with Crippen LogP contribution in [0.15, 0.2) is 48.5 Å². The Morgan fingerprint density at radius 2 is 1.78 bits per heavy atom. The van der Waals surface area contributed by atoms with Crippen LogP contribution in [-0.2, 0) is 17.9 Å². The van der Waals surface area contributed by atoms with Gasteiger partial charge in [-0.1, -0.05) is 17.7 Å². The molecule has 1 saturated heterocycles. The Kier molecular flexibility index (Phi) is 7.34. The van der Waals surface area contributed by atoms with Crippen LogP contribution in [0, 0.1) is 18.7 Å². The number of imidazole rings is 1. The molecule has 1 fully saturated rings. The summed E-state index contributed by atoms with van der Waals surface area (Å²) in [6.07, 6.45) is 3.31. The number of nitrogens with two attached hydrogens (primary N) is 1. The van der Waals surface area contributed by atoms with Crippen LogP contribution in [0.5, 0.6) is 0 Å². The Hall–Kier alpha value is -3.23. The van der Waals surface area contributed by atoms with Crippen LogP contribution in [0.2, 0.25) is 0 Å². The fraction of sp³-hybridized carbons (Fsp3) is 0.429. The number of rotatable bonds is 7. The van der Waals surface area contributed by atoms with Crippen LogP contribution >= 0.6 is 0 Å². The molecule has 190 valence electrons. The van der Waals surface area contributed by atoms with Crippen molar-refractivity contribution in [1.82, 2.24) is 19.4 Å². The Balaban J connectivity index is 1.34. The van der Waals surface area contributed by atoms with E-state index in [-0.39, 0.29) is 11.7 Å². The Bertz CT molecular complexity index is 1180. The first-order valence-corrected chi connectivity index (χ1v) is 12.9. The molecule has 3 heterocycles. The highest BCUT2D eigenvalue weighted by molar-refractivity contribution is 5.79. The molecule has 0 atom stereocenters. The molecule has 0 spiro atoms. The molecular formula is C28H35FN6O. The van der Waals surface area contributed by atoms with E-state index in [4.69, 9.17) is 10.7 Å². The third-order valence-electron chi connectivity index (χ3n) is 7.40. The lowest BCUT2D eigenvalue weighted by Gasteiger charge is -2.34. The van der Waals surface area contributed by atoms with Crippen LogP contribution in [0.4, 0.5) is 15.9 Å². The molecular weight excluding hydrogens is 455 g/mol. The zero-order valence-electron chi connectivity index (χ0n) is 20.9. The normalized spacial score (nSPS) is 16.7. The van der Waals surface area contributed by atoms with Crippen molar-refractivity contribution in [2.45, 2.75) is 39.3 Å². The molecule has 0 aliphatic carbocycles. The number of likely N-dealkylation sites (tertiary alicyclic amines) is 1. The minimum Gasteiger partial charge on any atom is -0.340 e. The van der Waals surface area contributed by atoms with Crippen molar-refractivity contribution in [1.29, 1.82) is 0 Å². The Labute approximate surface area is 212 Å². The second kappa shape index (κ2) is 10.8. The van der Waals surface area contributed by atoms with Gasteiger partial charge in [-0.3, -0.25) is 9.69 Å². The van der Waals surface area contributed by atoms with E-state index in [9.17, 15) is 9.18 Å². The van der Waals surface area contributed by atoms with Crippen molar-refractivity contribution >= 4 is 17.4 Å². The highest BCUT2D eigenvalue weighted by atomic mass is 19.1. The Morgan fingerprint density at radius 1 is 1.06 bits per heavy atom. The average molecular weight is 491 g/mol. The van der Waals surface area contributed by atoms with Crippen LogP contribution in [0.3, 0.4) is 0 Å². The standard InChI is InChI=1S/C28H35FN6O/c1-20-2-8-24(9-3-20)31-28-27(22-4-6-23(29)7-5-22)32-25-18-34(16-17-35(25)28)26(36)19-33-14-11-21(10-13-30)12-15-33/h2-9,21,31H,10-19,30H2,1H3. The number of aryl methyl sites for hydroxylation is 1. The smallest absolute Gasteiger partial charge is 0.237 e. The van der Waals surface area contributed by atoms with E-state index >= 15 is 0 Å². The SMILES string of the molecule is Cc1ccc(Nc2c(-c3ccc(F)cc3)nc3n2CCN(C(=O)CN2CCC(CCN)CC2)C3)cc1.